The van der Waals surface area contributed by atoms with Crippen molar-refractivity contribution in [3.8, 4) is 11.4 Å². The molecule has 2 N–H and O–H groups in total. The van der Waals surface area contributed by atoms with Crippen LogP contribution in [-0.4, -0.2) is 9.97 Å². The van der Waals surface area contributed by atoms with Crippen molar-refractivity contribution in [2.45, 2.75) is 6.18 Å². The standard InChI is InChI=1S/C13H7F4N3S/c14-6-1-2-9(13(15,16)17)8(5-6)11-19-10(18)7-3-4-21-12(7)20-11/h1-5H,(H2,18,19,20). The smallest absolute Gasteiger partial charge is 0.383 e. The second kappa shape index (κ2) is 4.66. The monoisotopic (exact) mass is 313 g/mol. The number of alkyl halides is 3. The fraction of sp³-hybridized carbons (Fsp3) is 0.0769. The van der Waals surface area contributed by atoms with Gasteiger partial charge < -0.3 is 5.73 Å². The molecule has 0 saturated heterocycles. The van der Waals surface area contributed by atoms with Gasteiger partial charge in [0.1, 0.15) is 16.5 Å². The van der Waals surface area contributed by atoms with Crippen molar-refractivity contribution in [3.05, 3.63) is 41.0 Å². The zero-order valence-corrected chi connectivity index (χ0v) is 11.1. The second-order valence-corrected chi connectivity index (χ2v) is 5.15. The molecule has 3 aromatic rings. The summed E-state index contributed by atoms with van der Waals surface area (Å²) in [5.74, 6) is -0.977. The highest BCUT2D eigenvalue weighted by atomic mass is 32.1. The zero-order valence-electron chi connectivity index (χ0n) is 10.3. The molecular formula is C13H7F4N3S. The molecular weight excluding hydrogens is 306 g/mol. The van der Waals surface area contributed by atoms with Crippen LogP contribution in [0, 0.1) is 5.82 Å². The van der Waals surface area contributed by atoms with E-state index in [0.29, 0.717) is 16.3 Å². The van der Waals surface area contributed by atoms with Crippen molar-refractivity contribution in [1.82, 2.24) is 9.97 Å². The molecule has 0 aliphatic rings. The summed E-state index contributed by atoms with van der Waals surface area (Å²) < 4.78 is 52.4. The van der Waals surface area contributed by atoms with Crippen LogP contribution in [0.2, 0.25) is 0 Å². The lowest BCUT2D eigenvalue weighted by atomic mass is 10.1. The molecule has 2 heterocycles. The zero-order chi connectivity index (χ0) is 15.2. The average molecular weight is 313 g/mol. The number of halogens is 4. The van der Waals surface area contributed by atoms with Crippen molar-refractivity contribution in [2.75, 3.05) is 5.73 Å². The largest absolute Gasteiger partial charge is 0.417 e. The molecule has 0 radical (unpaired) electrons. The summed E-state index contributed by atoms with van der Waals surface area (Å²) in [6.07, 6.45) is -4.63. The summed E-state index contributed by atoms with van der Waals surface area (Å²) in [5, 5.41) is 2.27. The predicted molar refractivity (Wildman–Crippen MR) is 72.2 cm³/mol. The lowest BCUT2D eigenvalue weighted by Gasteiger charge is -2.12. The number of anilines is 1. The highest BCUT2D eigenvalue weighted by molar-refractivity contribution is 7.16. The molecule has 0 unspecified atom stereocenters. The maximum absolute atomic E-state index is 13.3. The Balaban J connectivity index is 2.29. The van der Waals surface area contributed by atoms with Crippen molar-refractivity contribution in [3.63, 3.8) is 0 Å². The summed E-state index contributed by atoms with van der Waals surface area (Å²) in [4.78, 5) is 8.36. The van der Waals surface area contributed by atoms with Gasteiger partial charge in [-0.1, -0.05) is 0 Å². The van der Waals surface area contributed by atoms with Crippen LogP contribution in [0.1, 0.15) is 5.56 Å². The Hall–Kier alpha value is -2.22. The van der Waals surface area contributed by atoms with E-state index in [1.165, 1.54) is 11.3 Å². The van der Waals surface area contributed by atoms with E-state index in [-0.39, 0.29) is 11.6 Å². The Labute approximate surface area is 120 Å². The summed E-state index contributed by atoms with van der Waals surface area (Å²) in [5.41, 5.74) is 4.29. The topological polar surface area (TPSA) is 51.8 Å². The van der Waals surface area contributed by atoms with E-state index >= 15 is 0 Å². The molecule has 3 nitrogen and oxygen atoms in total. The summed E-state index contributed by atoms with van der Waals surface area (Å²) in [6.45, 7) is 0. The van der Waals surface area contributed by atoms with E-state index < -0.39 is 23.1 Å². The van der Waals surface area contributed by atoms with Gasteiger partial charge in [-0.15, -0.1) is 11.3 Å². The first-order chi connectivity index (χ1) is 9.86. The van der Waals surface area contributed by atoms with Gasteiger partial charge in [0.25, 0.3) is 0 Å². The first-order valence-corrected chi connectivity index (χ1v) is 6.62. The van der Waals surface area contributed by atoms with Crippen LogP contribution in [0.15, 0.2) is 29.6 Å². The van der Waals surface area contributed by atoms with E-state index in [1.807, 2.05) is 0 Å². The number of fused-ring (bicyclic) bond motifs is 1. The lowest BCUT2D eigenvalue weighted by molar-refractivity contribution is -0.137. The fourth-order valence-corrected chi connectivity index (χ4v) is 2.72. The molecule has 1 aromatic carbocycles. The van der Waals surface area contributed by atoms with Gasteiger partial charge in [0, 0.05) is 5.56 Å². The molecule has 0 bridgehead atoms. The number of hydrogen-bond acceptors (Lipinski definition) is 4. The maximum Gasteiger partial charge on any atom is 0.417 e. The van der Waals surface area contributed by atoms with Gasteiger partial charge in [0.2, 0.25) is 0 Å². The molecule has 0 saturated carbocycles. The number of nitrogen functional groups attached to an aromatic ring is 1. The number of rotatable bonds is 1. The average Bonchev–Trinajstić information content (AvgIpc) is 2.86. The van der Waals surface area contributed by atoms with Gasteiger partial charge in [0.15, 0.2) is 5.82 Å². The minimum absolute atomic E-state index is 0.0636. The number of nitrogens with two attached hydrogens (primary N) is 1. The first-order valence-electron chi connectivity index (χ1n) is 5.74. The third-order valence-electron chi connectivity index (χ3n) is 2.88. The molecule has 0 aliphatic heterocycles. The minimum Gasteiger partial charge on any atom is -0.383 e. The van der Waals surface area contributed by atoms with Crippen LogP contribution in [0.5, 0.6) is 0 Å². The number of nitrogens with zero attached hydrogens (tertiary/aromatic N) is 2. The molecule has 0 aliphatic carbocycles. The quantitative estimate of drug-likeness (QED) is 0.688. The van der Waals surface area contributed by atoms with E-state index in [4.69, 9.17) is 5.73 Å². The van der Waals surface area contributed by atoms with Gasteiger partial charge in [-0.2, -0.15) is 13.2 Å². The molecule has 0 spiro atoms. The van der Waals surface area contributed by atoms with Gasteiger partial charge in [-0.05, 0) is 29.6 Å². The SMILES string of the molecule is Nc1nc(-c2cc(F)ccc2C(F)(F)F)nc2sccc12. The number of hydrogen-bond donors (Lipinski definition) is 1. The number of benzene rings is 1. The van der Waals surface area contributed by atoms with Gasteiger partial charge >= 0.3 is 6.18 Å². The highest BCUT2D eigenvalue weighted by Crippen LogP contribution is 2.37. The van der Waals surface area contributed by atoms with E-state index in [2.05, 4.69) is 9.97 Å². The number of thiophene rings is 1. The van der Waals surface area contributed by atoms with Gasteiger partial charge in [0.05, 0.1) is 10.9 Å². The Kier molecular flexibility index (Phi) is 3.05. The Morgan fingerprint density at radius 1 is 1.10 bits per heavy atom. The van der Waals surface area contributed by atoms with Crippen LogP contribution >= 0.6 is 11.3 Å². The fourth-order valence-electron chi connectivity index (χ4n) is 1.95. The predicted octanol–water partition coefficient (Wildman–Crippen LogP) is 4.10. The summed E-state index contributed by atoms with van der Waals surface area (Å²) >= 11 is 1.22. The van der Waals surface area contributed by atoms with Crippen molar-refractivity contribution in [1.29, 1.82) is 0 Å². The van der Waals surface area contributed by atoms with E-state index in [9.17, 15) is 17.6 Å². The first kappa shape index (κ1) is 13.7. The van der Waals surface area contributed by atoms with Crippen LogP contribution in [0.3, 0.4) is 0 Å². The molecule has 21 heavy (non-hydrogen) atoms. The van der Waals surface area contributed by atoms with Gasteiger partial charge in [-0.3, -0.25) is 0 Å². The molecule has 3 rings (SSSR count). The van der Waals surface area contributed by atoms with Crippen LogP contribution in [-0.2, 0) is 6.18 Å². The Morgan fingerprint density at radius 2 is 1.86 bits per heavy atom. The van der Waals surface area contributed by atoms with E-state index in [0.717, 1.165) is 12.1 Å². The van der Waals surface area contributed by atoms with Crippen LogP contribution in [0.25, 0.3) is 21.6 Å². The van der Waals surface area contributed by atoms with Gasteiger partial charge in [-0.25, -0.2) is 14.4 Å². The van der Waals surface area contributed by atoms with Crippen molar-refractivity contribution >= 4 is 27.4 Å². The minimum atomic E-state index is -4.63. The molecule has 108 valence electrons. The Bertz CT molecular complexity index is 826. The highest BCUT2D eigenvalue weighted by Gasteiger charge is 2.34. The second-order valence-electron chi connectivity index (χ2n) is 4.26. The summed E-state index contributed by atoms with van der Waals surface area (Å²) in [6, 6.07) is 3.86. The molecule has 0 fully saturated rings. The van der Waals surface area contributed by atoms with Crippen molar-refractivity contribution in [2.24, 2.45) is 0 Å². The normalized spacial score (nSPS) is 12.0. The van der Waals surface area contributed by atoms with Crippen LogP contribution < -0.4 is 5.73 Å². The van der Waals surface area contributed by atoms with Crippen LogP contribution in [0.4, 0.5) is 23.4 Å². The molecule has 2 aromatic heterocycles. The van der Waals surface area contributed by atoms with Crippen molar-refractivity contribution < 1.29 is 17.6 Å². The maximum atomic E-state index is 13.3. The summed E-state index contributed by atoms with van der Waals surface area (Å²) in [7, 11) is 0. The van der Waals surface area contributed by atoms with E-state index in [1.54, 1.807) is 11.4 Å². The third kappa shape index (κ3) is 2.42. The lowest BCUT2D eigenvalue weighted by Crippen LogP contribution is -2.09. The molecule has 8 heteroatoms. The number of aromatic nitrogens is 2. The molecule has 0 atom stereocenters. The molecule has 0 amide bonds. The third-order valence-corrected chi connectivity index (χ3v) is 3.69. The Morgan fingerprint density at radius 3 is 2.57 bits per heavy atom.